The Morgan fingerprint density at radius 2 is 2.24 bits per heavy atom. The molecule has 25 heavy (non-hydrogen) atoms. The number of hydrogen-bond acceptors (Lipinski definition) is 8. The molecule has 1 aliphatic heterocycles. The molecule has 9 heteroatoms. The topological polar surface area (TPSA) is 92.5 Å². The molecule has 1 aliphatic rings. The van der Waals surface area contributed by atoms with E-state index in [4.69, 9.17) is 14.2 Å². The first-order valence-electron chi connectivity index (χ1n) is 8.05. The first-order valence-corrected chi connectivity index (χ1v) is 8.93. The Labute approximate surface area is 148 Å². The van der Waals surface area contributed by atoms with E-state index in [0.717, 1.165) is 11.3 Å². The molecule has 0 aromatic carbocycles. The van der Waals surface area contributed by atoms with E-state index in [2.05, 4.69) is 10.3 Å². The van der Waals surface area contributed by atoms with E-state index in [1.54, 1.807) is 11.6 Å². The van der Waals surface area contributed by atoms with Gasteiger partial charge in [0, 0.05) is 6.92 Å². The number of esters is 2. The maximum atomic E-state index is 12.2. The summed E-state index contributed by atoms with van der Waals surface area (Å²) in [5.41, 5.74) is 0.767. The third kappa shape index (κ3) is 3.88. The lowest BCUT2D eigenvalue weighted by Crippen LogP contribution is -2.19. The zero-order valence-corrected chi connectivity index (χ0v) is 14.8. The van der Waals surface area contributed by atoms with Crippen molar-refractivity contribution in [3.63, 3.8) is 0 Å². The molecule has 0 radical (unpaired) electrons. The number of nitrogens with zero attached hydrogens (tertiary/aromatic N) is 3. The van der Waals surface area contributed by atoms with Crippen molar-refractivity contribution in [2.24, 2.45) is 0 Å². The van der Waals surface area contributed by atoms with Crippen LogP contribution in [-0.2, 0) is 19.0 Å². The Bertz CT molecular complexity index is 743. The van der Waals surface area contributed by atoms with Gasteiger partial charge in [0.25, 0.3) is 0 Å². The molecule has 1 saturated heterocycles. The monoisotopic (exact) mass is 365 g/mol. The molecule has 0 unspecified atom stereocenters. The number of ether oxygens (including phenoxy) is 3. The molecule has 1 fully saturated rings. The normalized spacial score (nSPS) is 19.8. The van der Waals surface area contributed by atoms with E-state index in [0.29, 0.717) is 12.1 Å². The first-order chi connectivity index (χ1) is 12.1. The molecule has 0 amide bonds. The molecule has 134 valence electrons. The highest BCUT2D eigenvalue weighted by atomic mass is 32.1. The molecule has 8 nitrogen and oxygen atoms in total. The summed E-state index contributed by atoms with van der Waals surface area (Å²) < 4.78 is 17.6. The second-order valence-corrected chi connectivity index (χ2v) is 6.47. The van der Waals surface area contributed by atoms with Crippen LogP contribution in [0.5, 0.6) is 0 Å². The van der Waals surface area contributed by atoms with Gasteiger partial charge in [0.15, 0.2) is 11.9 Å². The van der Waals surface area contributed by atoms with Gasteiger partial charge in [0.05, 0.1) is 17.6 Å². The van der Waals surface area contributed by atoms with E-state index >= 15 is 0 Å². The summed E-state index contributed by atoms with van der Waals surface area (Å²) in [4.78, 5) is 24.0. The van der Waals surface area contributed by atoms with Crippen LogP contribution in [0.15, 0.2) is 17.5 Å². The fourth-order valence-electron chi connectivity index (χ4n) is 2.67. The van der Waals surface area contributed by atoms with Crippen molar-refractivity contribution in [3.8, 4) is 10.6 Å². The van der Waals surface area contributed by atoms with Crippen molar-refractivity contribution in [2.45, 2.75) is 39.0 Å². The van der Waals surface area contributed by atoms with Gasteiger partial charge in [-0.15, -0.1) is 16.4 Å². The van der Waals surface area contributed by atoms with E-state index in [-0.39, 0.29) is 37.2 Å². The maximum absolute atomic E-state index is 12.2. The van der Waals surface area contributed by atoms with Gasteiger partial charge in [-0.25, -0.2) is 9.48 Å². The molecule has 0 aliphatic carbocycles. The largest absolute Gasteiger partial charge is 0.463 e. The molecular formula is C16H19N3O5S. The summed E-state index contributed by atoms with van der Waals surface area (Å²) in [6.07, 6.45) is 0.862. The predicted octanol–water partition coefficient (Wildman–Crippen LogP) is 2.42. The van der Waals surface area contributed by atoms with Crippen LogP contribution in [0.2, 0.25) is 0 Å². The summed E-state index contributed by atoms with van der Waals surface area (Å²) in [7, 11) is 0. The fourth-order valence-corrected chi connectivity index (χ4v) is 3.44. The molecule has 0 N–H and O–H groups in total. The van der Waals surface area contributed by atoms with Crippen molar-refractivity contribution in [1.29, 1.82) is 0 Å². The molecule has 2 aromatic rings. The van der Waals surface area contributed by atoms with Crippen LogP contribution in [0.3, 0.4) is 0 Å². The van der Waals surface area contributed by atoms with Gasteiger partial charge >= 0.3 is 11.9 Å². The molecule has 0 bridgehead atoms. The SMILES string of the molecule is CCOC(=O)c1nnn([C@H]2CC[C@@H](COC(C)=O)O2)c1-c1cccs1. The Hall–Kier alpha value is -2.26. The average molecular weight is 365 g/mol. The Morgan fingerprint density at radius 1 is 1.40 bits per heavy atom. The highest BCUT2D eigenvalue weighted by molar-refractivity contribution is 7.13. The van der Waals surface area contributed by atoms with Gasteiger partial charge in [-0.3, -0.25) is 4.79 Å². The summed E-state index contributed by atoms with van der Waals surface area (Å²) in [6.45, 7) is 3.58. The summed E-state index contributed by atoms with van der Waals surface area (Å²) in [5, 5.41) is 10.1. The quantitative estimate of drug-likeness (QED) is 0.726. The smallest absolute Gasteiger partial charge is 0.361 e. The zero-order valence-electron chi connectivity index (χ0n) is 14.0. The van der Waals surface area contributed by atoms with Crippen LogP contribution in [-0.4, -0.2) is 46.3 Å². The number of thiophene rings is 1. The van der Waals surface area contributed by atoms with Crippen molar-refractivity contribution in [3.05, 3.63) is 23.2 Å². The lowest BCUT2D eigenvalue weighted by atomic mass is 10.2. The Balaban J connectivity index is 1.84. The van der Waals surface area contributed by atoms with Crippen molar-refractivity contribution >= 4 is 23.3 Å². The molecule has 2 atom stereocenters. The number of aromatic nitrogens is 3. The lowest BCUT2D eigenvalue weighted by Gasteiger charge is -2.15. The molecular weight excluding hydrogens is 346 g/mol. The van der Waals surface area contributed by atoms with E-state index in [1.165, 1.54) is 18.3 Å². The third-order valence-electron chi connectivity index (χ3n) is 3.75. The molecule has 2 aromatic heterocycles. The van der Waals surface area contributed by atoms with Gasteiger partial charge in [-0.05, 0) is 31.2 Å². The van der Waals surface area contributed by atoms with Crippen molar-refractivity contribution < 1.29 is 23.8 Å². The standard InChI is InChI=1S/C16H19N3O5S/c1-3-22-16(21)14-15(12-5-4-8-25-12)19(18-17-14)13-7-6-11(24-13)9-23-10(2)20/h4-5,8,11,13H,3,6-7,9H2,1-2H3/t11-,13+/m0/s1. The summed E-state index contributed by atoms with van der Waals surface area (Å²) >= 11 is 1.48. The fraction of sp³-hybridized carbons (Fsp3) is 0.500. The van der Waals surface area contributed by atoms with Crippen LogP contribution >= 0.6 is 11.3 Å². The van der Waals surface area contributed by atoms with Crippen LogP contribution in [0.4, 0.5) is 0 Å². The molecule has 0 spiro atoms. The third-order valence-corrected chi connectivity index (χ3v) is 4.62. The molecule has 3 rings (SSSR count). The second kappa shape index (κ2) is 7.75. The van der Waals surface area contributed by atoms with E-state index in [1.807, 2.05) is 17.5 Å². The highest BCUT2D eigenvalue weighted by Gasteiger charge is 2.33. The van der Waals surface area contributed by atoms with Crippen LogP contribution < -0.4 is 0 Å². The Morgan fingerprint density at radius 3 is 2.92 bits per heavy atom. The second-order valence-electron chi connectivity index (χ2n) is 5.52. The Kier molecular flexibility index (Phi) is 5.44. The molecule has 3 heterocycles. The summed E-state index contributed by atoms with van der Waals surface area (Å²) in [6, 6.07) is 3.79. The van der Waals surface area contributed by atoms with Crippen LogP contribution in [0.1, 0.15) is 43.4 Å². The minimum absolute atomic E-state index is 0.177. The van der Waals surface area contributed by atoms with Crippen LogP contribution in [0.25, 0.3) is 10.6 Å². The van der Waals surface area contributed by atoms with Gasteiger partial charge in [-0.2, -0.15) is 0 Å². The lowest BCUT2D eigenvalue weighted by molar-refractivity contribution is -0.145. The van der Waals surface area contributed by atoms with Gasteiger partial charge in [-0.1, -0.05) is 11.3 Å². The van der Waals surface area contributed by atoms with E-state index in [9.17, 15) is 9.59 Å². The number of carbonyl (C=O) groups excluding carboxylic acids is 2. The number of hydrogen-bond donors (Lipinski definition) is 0. The molecule has 0 saturated carbocycles. The highest BCUT2D eigenvalue weighted by Crippen LogP contribution is 2.35. The number of rotatable bonds is 6. The average Bonchev–Trinajstić information content (AvgIpc) is 3.31. The minimum atomic E-state index is -0.508. The van der Waals surface area contributed by atoms with Gasteiger partial charge < -0.3 is 14.2 Å². The first kappa shape index (κ1) is 17.6. The van der Waals surface area contributed by atoms with Crippen LogP contribution in [0, 0.1) is 0 Å². The van der Waals surface area contributed by atoms with E-state index < -0.39 is 5.97 Å². The maximum Gasteiger partial charge on any atom is 0.361 e. The predicted molar refractivity (Wildman–Crippen MR) is 89.1 cm³/mol. The summed E-state index contributed by atoms with van der Waals surface area (Å²) in [5.74, 6) is -0.844. The minimum Gasteiger partial charge on any atom is -0.463 e. The zero-order chi connectivity index (χ0) is 17.8. The van der Waals surface area contributed by atoms with Gasteiger partial charge in [0.1, 0.15) is 12.3 Å². The van der Waals surface area contributed by atoms with Crippen molar-refractivity contribution in [2.75, 3.05) is 13.2 Å². The number of carbonyl (C=O) groups is 2. The van der Waals surface area contributed by atoms with Gasteiger partial charge in [0.2, 0.25) is 0 Å². The van der Waals surface area contributed by atoms with Crippen molar-refractivity contribution in [1.82, 2.24) is 15.0 Å².